The molecule has 2 rings (SSSR count). The molecule has 3 N–H and O–H groups in total. The molecule has 0 aliphatic heterocycles. The van der Waals surface area contributed by atoms with Crippen molar-refractivity contribution < 1.29 is 9.90 Å². The normalized spacial score (nSPS) is 11.3. The minimum Gasteiger partial charge on any atom is -0.396 e. The van der Waals surface area contributed by atoms with Crippen molar-refractivity contribution in [1.82, 2.24) is 10.3 Å². The van der Waals surface area contributed by atoms with E-state index >= 15 is 0 Å². The van der Waals surface area contributed by atoms with Crippen LogP contribution in [0.25, 0.3) is 10.9 Å². The Bertz CT molecular complexity index is 621. The van der Waals surface area contributed by atoms with Crippen LogP contribution < -0.4 is 5.32 Å². The van der Waals surface area contributed by atoms with Crippen molar-refractivity contribution >= 4 is 16.8 Å². The van der Waals surface area contributed by atoms with Gasteiger partial charge in [0.05, 0.1) is 5.92 Å². The topological polar surface area (TPSA) is 65.1 Å². The van der Waals surface area contributed by atoms with Crippen LogP contribution in [-0.2, 0) is 11.2 Å². The van der Waals surface area contributed by atoms with Gasteiger partial charge in [0.2, 0.25) is 5.91 Å². The maximum Gasteiger partial charge on any atom is 0.227 e. The second-order valence-electron chi connectivity index (χ2n) is 6.42. The van der Waals surface area contributed by atoms with Gasteiger partial charge in [-0.3, -0.25) is 4.79 Å². The van der Waals surface area contributed by atoms with Crippen LogP contribution in [0.5, 0.6) is 0 Å². The predicted octanol–water partition coefficient (Wildman–Crippen LogP) is 3.75. The van der Waals surface area contributed by atoms with Gasteiger partial charge in [-0.15, -0.1) is 0 Å². The number of aliphatic hydroxyl groups is 1. The number of aromatic amines is 1. The third kappa shape index (κ3) is 5.68. The van der Waals surface area contributed by atoms with Crippen LogP contribution in [0.4, 0.5) is 0 Å². The number of para-hydroxylation sites is 1. The average molecular weight is 329 g/mol. The molecule has 1 aromatic heterocycles. The number of fused-ring (bicyclic) bond motifs is 1. The summed E-state index contributed by atoms with van der Waals surface area (Å²) < 4.78 is 0. The van der Waals surface area contributed by atoms with Crippen molar-refractivity contribution in [3.05, 3.63) is 41.9 Å². The third-order valence-corrected chi connectivity index (χ3v) is 4.39. The summed E-state index contributed by atoms with van der Waals surface area (Å²) in [5.41, 5.74) is 2.28. The van der Waals surface area contributed by atoms with Crippen LogP contribution in [0.15, 0.2) is 30.5 Å². The van der Waals surface area contributed by atoms with Crippen molar-refractivity contribution in [2.24, 2.45) is 0 Å². The van der Waals surface area contributed by atoms with E-state index in [0.29, 0.717) is 13.0 Å². The second kappa shape index (κ2) is 10.1. The molecule has 24 heavy (non-hydrogen) atoms. The number of hydrogen-bond acceptors (Lipinski definition) is 2. The molecule has 0 atom stereocenters. The summed E-state index contributed by atoms with van der Waals surface area (Å²) in [6, 6.07) is 8.17. The number of carbonyl (C=O) groups excluding carboxylic acids is 1. The van der Waals surface area contributed by atoms with Gasteiger partial charge in [0, 0.05) is 30.3 Å². The minimum atomic E-state index is 0.0561. The zero-order valence-corrected chi connectivity index (χ0v) is 14.6. The van der Waals surface area contributed by atoms with Gasteiger partial charge in [-0.2, -0.15) is 0 Å². The first kappa shape index (κ1) is 18.5. The molecule has 0 saturated heterocycles. The molecule has 0 saturated carbocycles. The smallest absolute Gasteiger partial charge is 0.227 e. The van der Waals surface area contributed by atoms with E-state index in [1.54, 1.807) is 0 Å². The fourth-order valence-electron chi connectivity index (χ4n) is 2.94. The van der Waals surface area contributed by atoms with Crippen molar-refractivity contribution in [3.8, 4) is 0 Å². The molecular formula is C20H29N2O2. The number of aliphatic hydroxyl groups excluding tert-OH is 1. The average Bonchev–Trinajstić information content (AvgIpc) is 3.00. The first-order valence-electron chi connectivity index (χ1n) is 8.99. The number of amides is 1. The highest BCUT2D eigenvalue weighted by Gasteiger charge is 2.15. The van der Waals surface area contributed by atoms with Gasteiger partial charge in [-0.1, -0.05) is 43.9 Å². The summed E-state index contributed by atoms with van der Waals surface area (Å²) in [6.07, 6.45) is 9.16. The van der Waals surface area contributed by atoms with E-state index in [4.69, 9.17) is 5.11 Å². The number of carbonyl (C=O) groups is 1. The van der Waals surface area contributed by atoms with Crippen molar-refractivity contribution in [2.45, 2.75) is 51.9 Å². The van der Waals surface area contributed by atoms with Gasteiger partial charge >= 0.3 is 0 Å². The summed E-state index contributed by atoms with van der Waals surface area (Å²) >= 11 is 0. The Kier molecular flexibility index (Phi) is 7.83. The molecule has 1 radical (unpaired) electrons. The molecule has 0 aliphatic rings. The monoisotopic (exact) mass is 329 g/mol. The van der Waals surface area contributed by atoms with E-state index in [0.717, 1.165) is 43.7 Å². The highest BCUT2D eigenvalue weighted by atomic mass is 16.2. The molecule has 131 valence electrons. The van der Waals surface area contributed by atoms with E-state index in [1.165, 1.54) is 23.8 Å². The van der Waals surface area contributed by atoms with Crippen LogP contribution >= 0.6 is 0 Å². The fourth-order valence-corrected chi connectivity index (χ4v) is 2.94. The Morgan fingerprint density at radius 1 is 1.08 bits per heavy atom. The maximum atomic E-state index is 12.2. The van der Waals surface area contributed by atoms with Gasteiger partial charge in [0.15, 0.2) is 0 Å². The zero-order chi connectivity index (χ0) is 17.2. The van der Waals surface area contributed by atoms with Crippen LogP contribution in [0, 0.1) is 5.92 Å². The first-order chi connectivity index (χ1) is 11.7. The van der Waals surface area contributed by atoms with Gasteiger partial charge in [-0.05, 0) is 37.8 Å². The molecule has 0 aliphatic carbocycles. The zero-order valence-electron chi connectivity index (χ0n) is 14.6. The van der Waals surface area contributed by atoms with Gasteiger partial charge in [-0.25, -0.2) is 0 Å². The van der Waals surface area contributed by atoms with Crippen molar-refractivity contribution in [1.29, 1.82) is 0 Å². The fraction of sp³-hybridized carbons (Fsp3) is 0.500. The highest BCUT2D eigenvalue weighted by Crippen LogP contribution is 2.21. The number of hydrogen-bond donors (Lipinski definition) is 3. The van der Waals surface area contributed by atoms with Crippen molar-refractivity contribution in [3.63, 3.8) is 0 Å². The Morgan fingerprint density at radius 3 is 2.58 bits per heavy atom. The molecule has 4 heteroatoms. The third-order valence-electron chi connectivity index (χ3n) is 4.39. The summed E-state index contributed by atoms with van der Waals surface area (Å²) in [7, 11) is 0. The number of rotatable bonds is 11. The summed E-state index contributed by atoms with van der Waals surface area (Å²) in [5.74, 6) is 0.906. The number of aromatic nitrogens is 1. The highest BCUT2D eigenvalue weighted by molar-refractivity contribution is 5.91. The Morgan fingerprint density at radius 2 is 1.79 bits per heavy atom. The Balaban J connectivity index is 1.65. The minimum absolute atomic E-state index is 0.0561. The number of nitrogens with one attached hydrogen (secondary N) is 2. The SMILES string of the molecule is C[C](Cc1c[nH]c2ccccc12)C(=O)NCCCCCCCCO. The molecule has 0 bridgehead atoms. The molecule has 1 aromatic carbocycles. The van der Waals surface area contributed by atoms with Crippen molar-refractivity contribution in [2.75, 3.05) is 13.2 Å². The van der Waals surface area contributed by atoms with Gasteiger partial charge in [0.25, 0.3) is 0 Å². The lowest BCUT2D eigenvalue weighted by Gasteiger charge is -2.11. The Labute approximate surface area is 144 Å². The van der Waals surface area contributed by atoms with Crippen LogP contribution in [0.3, 0.4) is 0 Å². The Hall–Kier alpha value is -1.81. The molecule has 0 spiro atoms. The van der Waals surface area contributed by atoms with Gasteiger partial charge in [0.1, 0.15) is 0 Å². The molecule has 2 aromatic rings. The second-order valence-corrected chi connectivity index (χ2v) is 6.42. The van der Waals surface area contributed by atoms with E-state index in [9.17, 15) is 4.79 Å². The van der Waals surface area contributed by atoms with Crippen LogP contribution in [0.2, 0.25) is 0 Å². The van der Waals surface area contributed by atoms with Crippen LogP contribution in [-0.4, -0.2) is 29.1 Å². The predicted molar refractivity (Wildman–Crippen MR) is 98.7 cm³/mol. The largest absolute Gasteiger partial charge is 0.396 e. The lowest BCUT2D eigenvalue weighted by Crippen LogP contribution is -2.29. The lowest BCUT2D eigenvalue weighted by molar-refractivity contribution is -0.119. The van der Waals surface area contributed by atoms with Gasteiger partial charge < -0.3 is 15.4 Å². The molecule has 1 amide bonds. The molecular weight excluding hydrogens is 300 g/mol. The maximum absolute atomic E-state index is 12.2. The number of H-pyrrole nitrogens is 1. The van der Waals surface area contributed by atoms with E-state index in [1.807, 2.05) is 25.3 Å². The van der Waals surface area contributed by atoms with Crippen LogP contribution in [0.1, 0.15) is 51.0 Å². The molecule has 4 nitrogen and oxygen atoms in total. The summed E-state index contributed by atoms with van der Waals surface area (Å²) in [4.78, 5) is 15.4. The standard InChI is InChI=1S/C20H29N2O2/c1-16(14-17-15-22-19-11-7-6-10-18(17)19)20(24)21-12-8-4-2-3-5-9-13-23/h6-7,10-11,15,22-23H,2-5,8-9,12-14H2,1H3,(H,21,24). The van der Waals surface area contributed by atoms with E-state index in [2.05, 4.69) is 22.4 Å². The molecule has 0 unspecified atom stereocenters. The quantitative estimate of drug-likeness (QED) is 0.550. The first-order valence-corrected chi connectivity index (χ1v) is 8.99. The molecule has 0 fully saturated rings. The molecule has 1 heterocycles. The van der Waals surface area contributed by atoms with E-state index in [-0.39, 0.29) is 5.91 Å². The summed E-state index contributed by atoms with van der Waals surface area (Å²) in [5, 5.41) is 12.9. The van der Waals surface area contributed by atoms with E-state index < -0.39 is 0 Å². The number of benzene rings is 1. The summed E-state index contributed by atoms with van der Waals surface area (Å²) in [6.45, 7) is 2.94. The number of unbranched alkanes of at least 4 members (excludes halogenated alkanes) is 5. The lowest BCUT2D eigenvalue weighted by atomic mass is 10.00.